The number of rotatable bonds is 9. The van der Waals surface area contributed by atoms with Crippen LogP contribution in [-0.4, -0.2) is 19.7 Å². The molecule has 0 fully saturated rings. The van der Waals surface area contributed by atoms with Gasteiger partial charge in [-0.3, -0.25) is 0 Å². The number of benzene rings is 1. The van der Waals surface area contributed by atoms with E-state index < -0.39 is 0 Å². The van der Waals surface area contributed by atoms with Gasteiger partial charge in [0.1, 0.15) is 12.4 Å². The Morgan fingerprint density at radius 1 is 0.955 bits per heavy atom. The minimum Gasteiger partial charge on any atom is -0.492 e. The van der Waals surface area contributed by atoms with Gasteiger partial charge in [0.15, 0.2) is 0 Å². The molecule has 0 unspecified atom stereocenters. The van der Waals surface area contributed by atoms with Crippen LogP contribution in [0.4, 0.5) is 0 Å². The summed E-state index contributed by atoms with van der Waals surface area (Å²) in [6.07, 6.45) is 2.24. The molecule has 1 rings (SSSR count). The lowest BCUT2D eigenvalue weighted by Gasteiger charge is -2.30. The van der Waals surface area contributed by atoms with Gasteiger partial charge >= 0.3 is 0 Å². The standard InChI is InChI=1S/C20H35NO/c1-8-19(4,5)16-11-12-18(22-14-13-21-10-3)17(15-16)20(6,7)9-2/h11-12,15,21H,8-10,13-14H2,1-7H3. The van der Waals surface area contributed by atoms with Gasteiger partial charge in [-0.1, -0.05) is 60.6 Å². The van der Waals surface area contributed by atoms with Crippen molar-refractivity contribution in [3.63, 3.8) is 0 Å². The van der Waals surface area contributed by atoms with Crippen LogP contribution >= 0.6 is 0 Å². The average molecular weight is 306 g/mol. The van der Waals surface area contributed by atoms with E-state index >= 15 is 0 Å². The molecule has 0 heterocycles. The third-order valence-corrected chi connectivity index (χ3v) is 5.04. The summed E-state index contributed by atoms with van der Waals surface area (Å²) in [7, 11) is 0. The first-order valence-corrected chi connectivity index (χ1v) is 8.77. The molecule has 0 saturated heterocycles. The molecule has 0 bridgehead atoms. The number of likely N-dealkylation sites (N-methyl/N-ethyl adjacent to an activating group) is 1. The van der Waals surface area contributed by atoms with Crippen LogP contribution < -0.4 is 10.1 Å². The van der Waals surface area contributed by atoms with Crippen molar-refractivity contribution in [3.05, 3.63) is 29.3 Å². The van der Waals surface area contributed by atoms with Gasteiger partial charge in [-0.15, -0.1) is 0 Å². The minimum absolute atomic E-state index is 0.132. The Morgan fingerprint density at radius 3 is 2.14 bits per heavy atom. The predicted octanol–water partition coefficient (Wildman–Crippen LogP) is 5.05. The molecule has 0 spiro atoms. The largest absolute Gasteiger partial charge is 0.492 e. The Balaban J connectivity index is 3.11. The van der Waals surface area contributed by atoms with Crippen LogP contribution in [0.2, 0.25) is 0 Å². The third-order valence-electron chi connectivity index (χ3n) is 5.04. The zero-order chi connectivity index (χ0) is 16.8. The van der Waals surface area contributed by atoms with E-state index in [2.05, 4.69) is 72.0 Å². The molecule has 1 N–H and O–H groups in total. The Morgan fingerprint density at radius 2 is 1.59 bits per heavy atom. The van der Waals surface area contributed by atoms with Crippen molar-refractivity contribution < 1.29 is 4.74 Å². The second-order valence-corrected chi connectivity index (χ2v) is 7.39. The zero-order valence-electron chi connectivity index (χ0n) is 15.7. The van der Waals surface area contributed by atoms with Gasteiger partial charge in [0, 0.05) is 12.1 Å². The number of ether oxygens (including phenoxy) is 1. The zero-order valence-corrected chi connectivity index (χ0v) is 15.7. The molecule has 0 saturated carbocycles. The van der Waals surface area contributed by atoms with Crippen LogP contribution in [0.3, 0.4) is 0 Å². The smallest absolute Gasteiger partial charge is 0.123 e. The fourth-order valence-electron chi connectivity index (χ4n) is 2.41. The molecule has 0 amide bonds. The van der Waals surface area contributed by atoms with E-state index in [4.69, 9.17) is 4.74 Å². The molecule has 0 atom stereocenters. The summed E-state index contributed by atoms with van der Waals surface area (Å²) < 4.78 is 6.07. The average Bonchev–Trinajstić information content (AvgIpc) is 2.51. The van der Waals surface area contributed by atoms with E-state index in [9.17, 15) is 0 Å². The van der Waals surface area contributed by atoms with Gasteiger partial charge in [-0.2, -0.15) is 0 Å². The third kappa shape index (κ3) is 4.74. The maximum Gasteiger partial charge on any atom is 0.123 e. The number of nitrogens with one attached hydrogen (secondary N) is 1. The summed E-state index contributed by atoms with van der Waals surface area (Å²) >= 11 is 0. The van der Waals surface area contributed by atoms with Crippen molar-refractivity contribution in [3.8, 4) is 5.75 Å². The van der Waals surface area contributed by atoms with Crippen LogP contribution in [0, 0.1) is 0 Å². The molecule has 0 aliphatic carbocycles. The topological polar surface area (TPSA) is 21.3 Å². The second-order valence-electron chi connectivity index (χ2n) is 7.39. The SMILES string of the molecule is CCNCCOc1ccc(C(C)(C)CC)cc1C(C)(C)CC. The molecule has 0 radical (unpaired) electrons. The Labute approximate surface area is 137 Å². The summed E-state index contributed by atoms with van der Waals surface area (Å²) in [5, 5.41) is 3.31. The molecular weight excluding hydrogens is 270 g/mol. The summed E-state index contributed by atoms with van der Waals surface area (Å²) in [4.78, 5) is 0. The van der Waals surface area contributed by atoms with Crippen LogP contribution in [-0.2, 0) is 10.8 Å². The summed E-state index contributed by atoms with van der Waals surface area (Å²) in [5.74, 6) is 1.04. The number of hydrogen-bond acceptors (Lipinski definition) is 2. The van der Waals surface area contributed by atoms with Crippen molar-refractivity contribution in [2.75, 3.05) is 19.7 Å². The van der Waals surface area contributed by atoms with E-state index in [0.717, 1.165) is 38.3 Å². The summed E-state index contributed by atoms with van der Waals surface area (Å²) in [6, 6.07) is 6.78. The highest BCUT2D eigenvalue weighted by molar-refractivity contribution is 5.44. The van der Waals surface area contributed by atoms with E-state index in [1.54, 1.807) is 0 Å². The lowest BCUT2D eigenvalue weighted by molar-refractivity contribution is 0.304. The van der Waals surface area contributed by atoms with Crippen LogP contribution in [0.25, 0.3) is 0 Å². The first-order chi connectivity index (χ1) is 10.3. The number of hydrogen-bond donors (Lipinski definition) is 1. The highest BCUT2D eigenvalue weighted by atomic mass is 16.5. The molecule has 22 heavy (non-hydrogen) atoms. The quantitative estimate of drug-likeness (QED) is 0.645. The summed E-state index contributed by atoms with van der Waals surface area (Å²) in [5.41, 5.74) is 3.09. The van der Waals surface area contributed by atoms with Crippen molar-refractivity contribution in [1.29, 1.82) is 0 Å². The molecule has 0 aliphatic heterocycles. The minimum atomic E-state index is 0.132. The molecule has 2 nitrogen and oxygen atoms in total. The maximum absolute atomic E-state index is 6.07. The van der Waals surface area contributed by atoms with Crippen LogP contribution in [0.5, 0.6) is 5.75 Å². The summed E-state index contributed by atoms with van der Waals surface area (Å²) in [6.45, 7) is 18.5. The normalized spacial score (nSPS) is 12.5. The fourth-order valence-corrected chi connectivity index (χ4v) is 2.41. The maximum atomic E-state index is 6.07. The molecule has 2 heteroatoms. The van der Waals surface area contributed by atoms with Crippen LogP contribution in [0.15, 0.2) is 18.2 Å². The van der Waals surface area contributed by atoms with Crippen molar-refractivity contribution in [2.45, 2.75) is 72.1 Å². The monoisotopic (exact) mass is 305 g/mol. The molecule has 126 valence electrons. The van der Waals surface area contributed by atoms with Gasteiger partial charge < -0.3 is 10.1 Å². The highest BCUT2D eigenvalue weighted by Crippen LogP contribution is 2.38. The van der Waals surface area contributed by atoms with Gasteiger partial charge in [0.05, 0.1) is 0 Å². The van der Waals surface area contributed by atoms with E-state index in [1.165, 1.54) is 11.1 Å². The Bertz CT molecular complexity index is 463. The van der Waals surface area contributed by atoms with Crippen molar-refractivity contribution in [1.82, 2.24) is 5.32 Å². The van der Waals surface area contributed by atoms with E-state index in [0.29, 0.717) is 0 Å². The first kappa shape index (κ1) is 19.0. The van der Waals surface area contributed by atoms with Crippen molar-refractivity contribution >= 4 is 0 Å². The lowest BCUT2D eigenvalue weighted by Crippen LogP contribution is -2.23. The van der Waals surface area contributed by atoms with Gasteiger partial charge in [0.25, 0.3) is 0 Å². The molecule has 1 aromatic rings. The van der Waals surface area contributed by atoms with Gasteiger partial charge in [-0.25, -0.2) is 0 Å². The molecule has 1 aromatic carbocycles. The molecular formula is C20H35NO. The molecule has 0 aliphatic rings. The molecule has 0 aromatic heterocycles. The highest BCUT2D eigenvalue weighted by Gasteiger charge is 2.26. The Kier molecular flexibility index (Phi) is 6.93. The first-order valence-electron chi connectivity index (χ1n) is 8.77. The van der Waals surface area contributed by atoms with Gasteiger partial charge in [-0.05, 0) is 41.8 Å². The predicted molar refractivity (Wildman–Crippen MR) is 97.1 cm³/mol. The Hall–Kier alpha value is -1.02. The lowest BCUT2D eigenvalue weighted by atomic mass is 9.76. The van der Waals surface area contributed by atoms with Gasteiger partial charge in [0.2, 0.25) is 0 Å². The fraction of sp³-hybridized carbons (Fsp3) is 0.700. The van der Waals surface area contributed by atoms with Crippen LogP contribution in [0.1, 0.15) is 72.4 Å². The van der Waals surface area contributed by atoms with E-state index in [1.807, 2.05) is 0 Å². The van der Waals surface area contributed by atoms with Crippen molar-refractivity contribution in [2.24, 2.45) is 0 Å². The van der Waals surface area contributed by atoms with E-state index in [-0.39, 0.29) is 10.8 Å². The second kappa shape index (κ2) is 8.01.